The Balaban J connectivity index is 0.000000232. The number of hydrogen-bond donors (Lipinski definition) is 6. The maximum Gasteiger partial charge on any atom is 0.343 e. The van der Waals surface area contributed by atoms with Gasteiger partial charge in [-0.3, -0.25) is 20.9 Å². The molecule has 0 fully saturated rings. The lowest BCUT2D eigenvalue weighted by atomic mass is 9.87. The highest BCUT2D eigenvalue weighted by Gasteiger charge is 2.25. The lowest BCUT2D eigenvalue weighted by Gasteiger charge is -2.17. The highest BCUT2D eigenvalue weighted by molar-refractivity contribution is 6.30. The molecule has 0 radical (unpaired) electrons. The van der Waals surface area contributed by atoms with Crippen LogP contribution in [0.4, 0.5) is 5.69 Å². The van der Waals surface area contributed by atoms with Gasteiger partial charge in [-0.15, -0.1) is 0 Å². The zero-order valence-corrected chi connectivity index (χ0v) is 23.2. The fourth-order valence-electron chi connectivity index (χ4n) is 3.97. The quantitative estimate of drug-likeness (QED) is 0.0985. The van der Waals surface area contributed by atoms with Crippen molar-refractivity contribution < 1.29 is 14.3 Å². The first-order chi connectivity index (χ1) is 19.0. The molecule has 0 amide bonds. The number of benzene rings is 3. The largest absolute Gasteiger partial charge is 0.507 e. The number of nitrogens with one attached hydrogen (secondary N) is 5. The van der Waals surface area contributed by atoms with Crippen LogP contribution < -0.4 is 21.6 Å². The van der Waals surface area contributed by atoms with E-state index < -0.39 is 11.5 Å². The Morgan fingerprint density at radius 3 is 2.20 bits per heavy atom. The van der Waals surface area contributed by atoms with Gasteiger partial charge >= 0.3 is 5.63 Å². The molecule has 0 saturated heterocycles. The summed E-state index contributed by atoms with van der Waals surface area (Å²) in [5, 5.41) is 35.1. The van der Waals surface area contributed by atoms with E-state index in [9.17, 15) is 14.7 Å². The molecular formula is C30H32ClN5O4. The number of halogens is 1. The monoisotopic (exact) mass is 561 g/mol. The third-order valence-corrected chi connectivity index (χ3v) is 5.91. The Morgan fingerprint density at radius 2 is 1.57 bits per heavy atom. The molecule has 9 nitrogen and oxygen atoms in total. The van der Waals surface area contributed by atoms with Crippen LogP contribution in [0.2, 0.25) is 5.02 Å². The van der Waals surface area contributed by atoms with Gasteiger partial charge in [0.1, 0.15) is 17.1 Å². The highest BCUT2D eigenvalue weighted by Crippen LogP contribution is 2.36. The molecule has 208 valence electrons. The molecule has 1 heterocycles. The Hall–Kier alpha value is -4.63. The second-order valence-corrected chi connectivity index (χ2v) is 9.76. The van der Waals surface area contributed by atoms with Crippen molar-refractivity contribution in [3.63, 3.8) is 0 Å². The van der Waals surface area contributed by atoms with Crippen molar-refractivity contribution in [1.29, 1.82) is 10.8 Å². The number of hydrogen-bond acceptors (Lipinski definition) is 6. The van der Waals surface area contributed by atoms with Gasteiger partial charge < -0.3 is 20.2 Å². The zero-order valence-electron chi connectivity index (χ0n) is 22.4. The molecular weight excluding hydrogens is 530 g/mol. The zero-order chi connectivity index (χ0) is 29.2. The maximum absolute atomic E-state index is 12.4. The smallest absolute Gasteiger partial charge is 0.343 e. The topological polar surface area (TPSA) is 151 Å². The maximum atomic E-state index is 12.4. The van der Waals surface area contributed by atoms with Crippen LogP contribution in [-0.4, -0.2) is 28.9 Å². The minimum atomic E-state index is -0.615. The van der Waals surface area contributed by atoms with Gasteiger partial charge in [0.15, 0.2) is 11.9 Å². The van der Waals surface area contributed by atoms with Crippen molar-refractivity contribution in [3.8, 4) is 5.75 Å². The van der Waals surface area contributed by atoms with E-state index in [1.807, 2.05) is 44.2 Å². The fraction of sp³-hybridized carbons (Fsp3) is 0.200. The molecule has 4 rings (SSSR count). The van der Waals surface area contributed by atoms with Crippen molar-refractivity contribution in [3.05, 3.63) is 105 Å². The first-order valence-electron chi connectivity index (χ1n) is 12.6. The molecule has 0 aliphatic carbocycles. The summed E-state index contributed by atoms with van der Waals surface area (Å²) in [6.45, 7) is 5.31. The van der Waals surface area contributed by atoms with E-state index >= 15 is 0 Å². The van der Waals surface area contributed by atoms with Crippen LogP contribution in [0.15, 0.2) is 88.1 Å². The number of carbonyl (C=O) groups excluding carboxylic acids is 1. The van der Waals surface area contributed by atoms with Crippen LogP contribution in [0, 0.1) is 10.8 Å². The lowest BCUT2D eigenvalue weighted by molar-refractivity contribution is -0.117. The number of rotatable bonds is 6. The third kappa shape index (κ3) is 8.44. The standard InChI is InChI=1S/C19H16O4.C11H16ClN5/c1-12(20)11-15(13-7-3-2-4-8-13)17-18(21)14-9-5-6-10-16(14)23-19(17)22;1-7(2)15-10(13)17-11(14)16-9-5-3-8(12)4-6-9/h2-10,15,21H,11H2,1H3;3-7H,1-2H3,(H5,13,14,15,16,17). The van der Waals surface area contributed by atoms with Gasteiger partial charge in [-0.25, -0.2) is 4.79 Å². The Labute approximate surface area is 237 Å². The first-order valence-corrected chi connectivity index (χ1v) is 12.9. The Kier molecular flexibility index (Phi) is 10.4. The summed E-state index contributed by atoms with van der Waals surface area (Å²) in [7, 11) is 0. The molecule has 0 saturated carbocycles. The van der Waals surface area contributed by atoms with Crippen molar-refractivity contribution in [1.82, 2.24) is 10.6 Å². The van der Waals surface area contributed by atoms with E-state index in [-0.39, 0.29) is 41.5 Å². The summed E-state index contributed by atoms with van der Waals surface area (Å²) in [5.41, 5.74) is 1.37. The normalized spacial score (nSPS) is 11.2. The molecule has 6 N–H and O–H groups in total. The molecule has 1 unspecified atom stereocenters. The average molecular weight is 562 g/mol. The van der Waals surface area contributed by atoms with Crippen molar-refractivity contribution in [2.75, 3.05) is 5.32 Å². The molecule has 0 bridgehead atoms. The summed E-state index contributed by atoms with van der Waals surface area (Å²) < 4.78 is 5.33. The van der Waals surface area contributed by atoms with Crippen molar-refractivity contribution in [2.45, 2.75) is 39.2 Å². The van der Waals surface area contributed by atoms with Crippen LogP contribution >= 0.6 is 11.6 Å². The van der Waals surface area contributed by atoms with Gasteiger partial charge in [0, 0.05) is 29.1 Å². The van der Waals surface area contributed by atoms with E-state index in [0.29, 0.717) is 16.0 Å². The summed E-state index contributed by atoms with van der Waals surface area (Å²) in [6.07, 6.45) is 0.126. The van der Waals surface area contributed by atoms with Crippen molar-refractivity contribution in [2.24, 2.45) is 0 Å². The van der Waals surface area contributed by atoms with Gasteiger partial charge in [0.2, 0.25) is 0 Å². The Morgan fingerprint density at radius 1 is 0.950 bits per heavy atom. The summed E-state index contributed by atoms with van der Waals surface area (Å²) >= 11 is 5.75. The van der Waals surface area contributed by atoms with Gasteiger partial charge in [-0.1, -0.05) is 54.1 Å². The number of anilines is 1. The van der Waals surface area contributed by atoms with Crippen LogP contribution in [-0.2, 0) is 4.79 Å². The molecule has 0 spiro atoms. The minimum Gasteiger partial charge on any atom is -0.507 e. The molecule has 1 aromatic heterocycles. The predicted molar refractivity (Wildman–Crippen MR) is 160 cm³/mol. The molecule has 40 heavy (non-hydrogen) atoms. The molecule has 1 atom stereocenters. The van der Waals surface area contributed by atoms with E-state index in [1.54, 1.807) is 48.5 Å². The van der Waals surface area contributed by atoms with E-state index in [4.69, 9.17) is 26.8 Å². The average Bonchev–Trinajstić information content (AvgIpc) is 2.89. The Bertz CT molecular complexity index is 1540. The fourth-order valence-corrected chi connectivity index (χ4v) is 4.10. The van der Waals surface area contributed by atoms with E-state index in [1.165, 1.54) is 6.92 Å². The third-order valence-electron chi connectivity index (χ3n) is 5.66. The molecule has 4 aromatic rings. The molecule has 0 aliphatic heterocycles. The van der Waals surface area contributed by atoms with Crippen LogP contribution in [0.25, 0.3) is 11.0 Å². The van der Waals surface area contributed by atoms with Crippen LogP contribution in [0.5, 0.6) is 5.75 Å². The van der Waals surface area contributed by atoms with E-state index in [2.05, 4.69) is 16.0 Å². The van der Waals surface area contributed by atoms with Crippen molar-refractivity contribution >= 4 is 46.0 Å². The van der Waals surface area contributed by atoms with Crippen LogP contribution in [0.1, 0.15) is 44.2 Å². The van der Waals surface area contributed by atoms with Gasteiger partial charge in [0.25, 0.3) is 0 Å². The first kappa shape index (κ1) is 29.9. The van der Waals surface area contributed by atoms with Gasteiger partial charge in [0.05, 0.1) is 10.9 Å². The summed E-state index contributed by atoms with van der Waals surface area (Å²) in [4.78, 5) is 24.1. The second kappa shape index (κ2) is 14.0. The number of para-hydroxylation sites is 1. The number of fused-ring (bicyclic) bond motifs is 1. The summed E-state index contributed by atoms with van der Waals surface area (Å²) in [6, 6.07) is 23.1. The predicted octanol–water partition coefficient (Wildman–Crippen LogP) is 5.82. The number of Topliss-reactive ketones (excluding diaryl/α,β-unsaturated/α-hetero) is 1. The van der Waals surface area contributed by atoms with E-state index in [0.717, 1.165) is 11.3 Å². The molecule has 10 heteroatoms. The SMILES string of the molecule is CC(=O)CC(c1ccccc1)c1c(O)c2ccccc2oc1=O.CC(C)NC(=N)NC(=N)Nc1ccc(Cl)cc1. The van der Waals surface area contributed by atoms with Gasteiger partial charge in [-0.2, -0.15) is 0 Å². The number of carbonyl (C=O) groups is 1. The molecule has 0 aliphatic rings. The number of guanidine groups is 2. The summed E-state index contributed by atoms with van der Waals surface area (Å²) in [5.74, 6) is -0.593. The second-order valence-electron chi connectivity index (χ2n) is 9.32. The van der Waals surface area contributed by atoms with Crippen LogP contribution in [0.3, 0.4) is 0 Å². The van der Waals surface area contributed by atoms with Gasteiger partial charge in [-0.05, 0) is 62.7 Å². The number of ketones is 1. The minimum absolute atomic E-state index is 0.0328. The number of aromatic hydroxyl groups is 1. The highest BCUT2D eigenvalue weighted by atomic mass is 35.5. The lowest BCUT2D eigenvalue weighted by Crippen LogP contribution is -2.45. The molecule has 3 aromatic carbocycles.